The lowest BCUT2D eigenvalue weighted by molar-refractivity contribution is -0.133. The van der Waals surface area contributed by atoms with Crippen molar-refractivity contribution in [3.8, 4) is 0 Å². The second kappa shape index (κ2) is 6.44. The average molecular weight is 312 g/mol. The summed E-state index contributed by atoms with van der Waals surface area (Å²) in [6.45, 7) is 4.13. The average Bonchev–Trinajstić information content (AvgIpc) is 2.74. The smallest absolute Gasteiger partial charge is 0.313 e. The van der Waals surface area contributed by atoms with Gasteiger partial charge in [-0.15, -0.1) is 0 Å². The second-order valence-electron chi connectivity index (χ2n) is 4.82. The number of ether oxygens (including phenoxy) is 1. The molecule has 5 nitrogen and oxygen atoms in total. The third-order valence-electron chi connectivity index (χ3n) is 3.16. The Balaban J connectivity index is 2.48. The summed E-state index contributed by atoms with van der Waals surface area (Å²) in [6.07, 6.45) is -0.0584. The van der Waals surface area contributed by atoms with E-state index in [2.05, 4.69) is 4.98 Å². The number of carboxylic acids is 1. The number of aromatic nitrogens is 2. The van der Waals surface area contributed by atoms with Crippen LogP contribution in [-0.4, -0.2) is 39.6 Å². The van der Waals surface area contributed by atoms with Crippen LogP contribution in [0.1, 0.15) is 12.5 Å². The quantitative estimate of drug-likeness (QED) is 0.831. The fourth-order valence-corrected chi connectivity index (χ4v) is 2.72. The molecular weight excluding hydrogens is 295 g/mol. The van der Waals surface area contributed by atoms with Crippen molar-refractivity contribution >= 4 is 28.8 Å². The van der Waals surface area contributed by atoms with Gasteiger partial charge in [-0.05, 0) is 25.5 Å². The number of carbonyl (C=O) groups is 1. The molecule has 2 aromatic rings. The largest absolute Gasteiger partial charge is 0.481 e. The number of aryl methyl sites for hydroxylation is 1. The number of hydrogen-bond acceptors (Lipinski definition) is 4. The van der Waals surface area contributed by atoms with Crippen molar-refractivity contribution < 1.29 is 19.0 Å². The van der Waals surface area contributed by atoms with Gasteiger partial charge in [0.2, 0.25) is 0 Å². The third-order valence-corrected chi connectivity index (χ3v) is 4.12. The summed E-state index contributed by atoms with van der Waals surface area (Å²) in [6, 6.07) is 3.11. The molecule has 0 aliphatic rings. The molecule has 0 saturated heterocycles. The molecule has 1 unspecified atom stereocenters. The van der Waals surface area contributed by atoms with Crippen molar-refractivity contribution in [2.75, 3.05) is 12.9 Å². The first kappa shape index (κ1) is 15.8. The summed E-state index contributed by atoms with van der Waals surface area (Å²) in [4.78, 5) is 15.1. The zero-order chi connectivity index (χ0) is 15.6. The van der Waals surface area contributed by atoms with E-state index in [1.54, 1.807) is 20.1 Å². The van der Waals surface area contributed by atoms with Gasteiger partial charge >= 0.3 is 5.97 Å². The number of methoxy groups -OCH3 is 1. The number of nitrogens with zero attached hydrogens (tertiary/aromatic N) is 2. The highest BCUT2D eigenvalue weighted by molar-refractivity contribution is 7.99. The minimum absolute atomic E-state index is 0.0584. The van der Waals surface area contributed by atoms with E-state index in [4.69, 9.17) is 9.84 Å². The van der Waals surface area contributed by atoms with E-state index in [-0.39, 0.29) is 17.7 Å². The summed E-state index contributed by atoms with van der Waals surface area (Å²) < 4.78 is 20.8. The second-order valence-corrected chi connectivity index (χ2v) is 5.77. The highest BCUT2D eigenvalue weighted by Gasteiger charge is 2.16. The van der Waals surface area contributed by atoms with Crippen LogP contribution in [0.5, 0.6) is 0 Å². The summed E-state index contributed by atoms with van der Waals surface area (Å²) in [5.74, 6) is -1.32. The molecule has 21 heavy (non-hydrogen) atoms. The van der Waals surface area contributed by atoms with Crippen molar-refractivity contribution in [3.05, 3.63) is 23.5 Å². The molecule has 0 fully saturated rings. The van der Waals surface area contributed by atoms with Crippen molar-refractivity contribution in [1.29, 1.82) is 0 Å². The van der Waals surface area contributed by atoms with E-state index >= 15 is 0 Å². The molecule has 0 spiro atoms. The van der Waals surface area contributed by atoms with Gasteiger partial charge in [-0.3, -0.25) is 4.79 Å². The highest BCUT2D eigenvalue weighted by atomic mass is 32.2. The maximum Gasteiger partial charge on any atom is 0.313 e. The molecule has 1 atom stereocenters. The van der Waals surface area contributed by atoms with Crippen molar-refractivity contribution in [3.63, 3.8) is 0 Å². The molecule has 1 aromatic heterocycles. The first-order valence-corrected chi connectivity index (χ1v) is 7.44. The monoisotopic (exact) mass is 312 g/mol. The molecule has 0 saturated carbocycles. The lowest BCUT2D eigenvalue weighted by atomic mass is 10.2. The maximum absolute atomic E-state index is 13.7. The fraction of sp³-hybridized carbons (Fsp3) is 0.429. The van der Waals surface area contributed by atoms with E-state index in [1.165, 1.54) is 6.07 Å². The number of thioether (sulfide) groups is 1. The van der Waals surface area contributed by atoms with E-state index < -0.39 is 5.97 Å². The molecule has 1 N–H and O–H groups in total. The summed E-state index contributed by atoms with van der Waals surface area (Å²) >= 11 is 1.12. The summed E-state index contributed by atoms with van der Waals surface area (Å²) in [5.41, 5.74) is 1.84. The predicted octanol–water partition coefficient (Wildman–Crippen LogP) is 2.70. The Labute approximate surface area is 126 Å². The van der Waals surface area contributed by atoms with Gasteiger partial charge in [0, 0.05) is 13.2 Å². The Kier molecular flexibility index (Phi) is 4.84. The normalized spacial score (nSPS) is 12.8. The van der Waals surface area contributed by atoms with Crippen molar-refractivity contribution in [2.45, 2.75) is 31.7 Å². The number of rotatable bonds is 6. The van der Waals surface area contributed by atoms with Gasteiger partial charge in [-0.2, -0.15) is 0 Å². The molecule has 2 rings (SSSR count). The standard InChI is InChI=1S/C14H17FN2O3S/c1-8-4-12-11(5-10(8)15)16-14(21-7-13(18)19)17(12)6-9(2)20-3/h4-5,9H,6-7H2,1-3H3,(H,18,19). The van der Waals surface area contributed by atoms with Crippen LogP contribution in [0.3, 0.4) is 0 Å². The molecule has 0 aliphatic carbocycles. The van der Waals surface area contributed by atoms with Gasteiger partial charge in [-0.25, -0.2) is 9.37 Å². The number of benzene rings is 1. The molecule has 0 amide bonds. The summed E-state index contributed by atoms with van der Waals surface area (Å²) in [7, 11) is 1.61. The van der Waals surface area contributed by atoms with Crippen LogP contribution in [0.25, 0.3) is 11.0 Å². The topological polar surface area (TPSA) is 64.3 Å². The number of hydrogen-bond donors (Lipinski definition) is 1. The minimum atomic E-state index is -0.916. The summed E-state index contributed by atoms with van der Waals surface area (Å²) in [5, 5.41) is 9.37. The lowest BCUT2D eigenvalue weighted by Crippen LogP contribution is -2.15. The van der Waals surface area contributed by atoms with Crippen LogP contribution < -0.4 is 0 Å². The Hall–Kier alpha value is -1.60. The van der Waals surface area contributed by atoms with Crippen LogP contribution in [0.15, 0.2) is 17.3 Å². The highest BCUT2D eigenvalue weighted by Crippen LogP contribution is 2.26. The number of imidazole rings is 1. The number of fused-ring (bicyclic) bond motifs is 1. The van der Waals surface area contributed by atoms with Crippen LogP contribution in [0, 0.1) is 12.7 Å². The molecule has 0 radical (unpaired) electrons. The maximum atomic E-state index is 13.7. The van der Waals surface area contributed by atoms with Gasteiger partial charge in [0.05, 0.1) is 29.4 Å². The Morgan fingerprint density at radius 2 is 2.29 bits per heavy atom. The first-order chi connectivity index (χ1) is 9.92. The van der Waals surface area contributed by atoms with Crippen molar-refractivity contribution in [2.24, 2.45) is 0 Å². The molecule has 0 aliphatic heterocycles. The zero-order valence-corrected chi connectivity index (χ0v) is 12.9. The van der Waals surface area contributed by atoms with Gasteiger partial charge in [0.15, 0.2) is 5.16 Å². The first-order valence-electron chi connectivity index (χ1n) is 6.46. The lowest BCUT2D eigenvalue weighted by Gasteiger charge is -2.13. The predicted molar refractivity (Wildman–Crippen MR) is 79.3 cm³/mol. The molecule has 7 heteroatoms. The zero-order valence-electron chi connectivity index (χ0n) is 12.1. The van der Waals surface area contributed by atoms with E-state index in [0.717, 1.165) is 17.3 Å². The van der Waals surface area contributed by atoms with Crippen LogP contribution in [-0.2, 0) is 16.1 Å². The van der Waals surface area contributed by atoms with E-state index in [1.807, 2.05) is 11.5 Å². The van der Waals surface area contributed by atoms with E-state index in [0.29, 0.717) is 22.8 Å². The molecule has 1 aromatic carbocycles. The molecule has 1 heterocycles. The number of carboxylic acid groups (broad SMARTS) is 1. The Morgan fingerprint density at radius 1 is 1.57 bits per heavy atom. The molecule has 114 valence electrons. The van der Waals surface area contributed by atoms with Gasteiger partial charge in [0.25, 0.3) is 0 Å². The van der Waals surface area contributed by atoms with Crippen molar-refractivity contribution in [1.82, 2.24) is 9.55 Å². The van der Waals surface area contributed by atoms with Gasteiger partial charge in [0.1, 0.15) is 5.82 Å². The number of halogens is 1. The van der Waals surface area contributed by atoms with Crippen LogP contribution >= 0.6 is 11.8 Å². The van der Waals surface area contributed by atoms with Gasteiger partial charge < -0.3 is 14.4 Å². The SMILES string of the molecule is COC(C)Cn1c(SCC(=O)O)nc2cc(F)c(C)cc21. The van der Waals surface area contributed by atoms with Crippen LogP contribution in [0.2, 0.25) is 0 Å². The Bertz CT molecular complexity index is 672. The number of aliphatic carboxylic acids is 1. The van der Waals surface area contributed by atoms with E-state index in [9.17, 15) is 9.18 Å². The van der Waals surface area contributed by atoms with Crippen LogP contribution in [0.4, 0.5) is 4.39 Å². The molecular formula is C14H17FN2O3S. The van der Waals surface area contributed by atoms with Gasteiger partial charge in [-0.1, -0.05) is 11.8 Å². The fourth-order valence-electron chi connectivity index (χ4n) is 1.97. The minimum Gasteiger partial charge on any atom is -0.481 e. The molecule has 0 bridgehead atoms. The Morgan fingerprint density at radius 3 is 2.90 bits per heavy atom. The third kappa shape index (κ3) is 3.54.